The van der Waals surface area contributed by atoms with Crippen molar-refractivity contribution >= 4 is 5.91 Å². The standard InChI is InChI=1S/C27H26FN3O4/c1-18-6-11-24(34-18)23(31-12-14-33-15-13-31)16-29-26(32)21-4-2-3-5-22(21)27-30-17-25(35-27)19-7-9-20(28)10-8-19/h2-11,17,23H,12-16H2,1H3,(H,29,32). The number of carbonyl (C=O) groups excluding carboxylic acids is 1. The first kappa shape index (κ1) is 23.0. The van der Waals surface area contributed by atoms with Crippen LogP contribution in [0.15, 0.2) is 75.7 Å². The molecule has 1 saturated heterocycles. The molecule has 1 amide bonds. The number of morpholine rings is 1. The minimum atomic E-state index is -0.324. The second-order valence-electron chi connectivity index (χ2n) is 8.40. The minimum absolute atomic E-state index is 0.101. The molecule has 1 unspecified atom stereocenters. The van der Waals surface area contributed by atoms with Crippen molar-refractivity contribution in [3.8, 4) is 22.8 Å². The van der Waals surface area contributed by atoms with Crippen molar-refractivity contribution in [1.29, 1.82) is 0 Å². The van der Waals surface area contributed by atoms with E-state index in [-0.39, 0.29) is 17.8 Å². The molecule has 1 fully saturated rings. The zero-order chi connectivity index (χ0) is 24.2. The molecule has 2 aromatic heterocycles. The predicted molar refractivity (Wildman–Crippen MR) is 128 cm³/mol. The van der Waals surface area contributed by atoms with E-state index in [1.165, 1.54) is 12.1 Å². The van der Waals surface area contributed by atoms with E-state index in [0.29, 0.717) is 48.1 Å². The molecule has 2 aromatic carbocycles. The highest BCUT2D eigenvalue weighted by Gasteiger charge is 2.26. The van der Waals surface area contributed by atoms with E-state index in [0.717, 1.165) is 24.6 Å². The van der Waals surface area contributed by atoms with Crippen LogP contribution in [0.3, 0.4) is 0 Å². The molecule has 1 aliphatic heterocycles. The highest BCUT2D eigenvalue weighted by molar-refractivity contribution is 6.00. The van der Waals surface area contributed by atoms with Crippen molar-refractivity contribution in [2.24, 2.45) is 0 Å². The lowest BCUT2D eigenvalue weighted by atomic mass is 10.1. The summed E-state index contributed by atoms with van der Waals surface area (Å²) in [4.78, 5) is 19.9. The summed E-state index contributed by atoms with van der Waals surface area (Å²) in [6.45, 7) is 5.11. The van der Waals surface area contributed by atoms with E-state index in [1.54, 1.807) is 36.5 Å². The topological polar surface area (TPSA) is 80.7 Å². The van der Waals surface area contributed by atoms with Crippen LogP contribution in [0.4, 0.5) is 4.39 Å². The quantitative estimate of drug-likeness (QED) is 0.412. The van der Waals surface area contributed by atoms with Crippen LogP contribution < -0.4 is 5.32 Å². The summed E-state index contributed by atoms with van der Waals surface area (Å²) in [5, 5.41) is 3.07. The van der Waals surface area contributed by atoms with Gasteiger partial charge in [-0.25, -0.2) is 9.37 Å². The molecule has 0 radical (unpaired) electrons. The Bertz CT molecular complexity index is 1290. The van der Waals surface area contributed by atoms with Crippen LogP contribution >= 0.6 is 0 Å². The number of oxazole rings is 1. The SMILES string of the molecule is Cc1ccc(C(CNC(=O)c2ccccc2-c2ncc(-c3ccc(F)cc3)o2)N2CCOCC2)o1. The van der Waals surface area contributed by atoms with Gasteiger partial charge in [0.05, 0.1) is 31.0 Å². The zero-order valence-electron chi connectivity index (χ0n) is 19.4. The summed E-state index contributed by atoms with van der Waals surface area (Å²) in [6, 6.07) is 16.9. The van der Waals surface area contributed by atoms with Gasteiger partial charge in [0, 0.05) is 30.8 Å². The Kier molecular flexibility index (Phi) is 6.74. The zero-order valence-corrected chi connectivity index (χ0v) is 19.4. The summed E-state index contributed by atoms with van der Waals surface area (Å²) < 4.78 is 30.6. The van der Waals surface area contributed by atoms with E-state index in [2.05, 4.69) is 15.2 Å². The van der Waals surface area contributed by atoms with Gasteiger partial charge in [0.2, 0.25) is 5.89 Å². The number of aromatic nitrogens is 1. The Labute approximate surface area is 202 Å². The molecule has 0 spiro atoms. The van der Waals surface area contributed by atoms with Gasteiger partial charge in [0.1, 0.15) is 17.3 Å². The maximum Gasteiger partial charge on any atom is 0.252 e. The van der Waals surface area contributed by atoms with Gasteiger partial charge >= 0.3 is 0 Å². The highest BCUT2D eigenvalue weighted by atomic mass is 19.1. The summed E-state index contributed by atoms with van der Waals surface area (Å²) in [7, 11) is 0. The van der Waals surface area contributed by atoms with Crippen LogP contribution in [-0.2, 0) is 4.74 Å². The molecule has 4 aromatic rings. The van der Waals surface area contributed by atoms with Crippen LogP contribution in [0.2, 0.25) is 0 Å². The maximum atomic E-state index is 13.3. The van der Waals surface area contributed by atoms with Crippen molar-refractivity contribution in [2.75, 3.05) is 32.8 Å². The Morgan fingerprint density at radius 3 is 2.57 bits per heavy atom. The number of carbonyl (C=O) groups is 1. The molecule has 7 nitrogen and oxygen atoms in total. The molecule has 1 N–H and O–H groups in total. The lowest BCUT2D eigenvalue weighted by Gasteiger charge is -2.33. The molecule has 1 atom stereocenters. The van der Waals surface area contributed by atoms with Crippen molar-refractivity contribution in [3.05, 3.63) is 89.8 Å². The van der Waals surface area contributed by atoms with Crippen LogP contribution in [0.1, 0.15) is 27.9 Å². The van der Waals surface area contributed by atoms with Gasteiger partial charge in [0.25, 0.3) is 5.91 Å². The van der Waals surface area contributed by atoms with Gasteiger partial charge in [-0.05, 0) is 55.5 Å². The van der Waals surface area contributed by atoms with Gasteiger partial charge in [0.15, 0.2) is 5.76 Å². The number of furan rings is 1. The third kappa shape index (κ3) is 5.18. The molecule has 35 heavy (non-hydrogen) atoms. The maximum absolute atomic E-state index is 13.3. The molecule has 0 aliphatic carbocycles. The second-order valence-corrected chi connectivity index (χ2v) is 8.40. The Morgan fingerprint density at radius 1 is 1.06 bits per heavy atom. The van der Waals surface area contributed by atoms with Crippen LogP contribution in [0.5, 0.6) is 0 Å². The number of amides is 1. The average molecular weight is 476 g/mol. The monoisotopic (exact) mass is 475 g/mol. The number of halogens is 1. The molecular formula is C27H26FN3O4. The summed E-state index contributed by atoms with van der Waals surface area (Å²) in [5.41, 5.74) is 1.74. The first-order chi connectivity index (χ1) is 17.1. The van der Waals surface area contributed by atoms with E-state index in [4.69, 9.17) is 13.6 Å². The molecule has 3 heterocycles. The fourth-order valence-electron chi connectivity index (χ4n) is 4.23. The normalized spacial score (nSPS) is 15.1. The predicted octanol–water partition coefficient (Wildman–Crippen LogP) is 4.85. The van der Waals surface area contributed by atoms with Crippen LogP contribution in [-0.4, -0.2) is 48.6 Å². The summed E-state index contributed by atoms with van der Waals surface area (Å²) in [6.07, 6.45) is 1.57. The average Bonchev–Trinajstić information content (AvgIpc) is 3.55. The van der Waals surface area contributed by atoms with E-state index in [1.807, 2.05) is 25.1 Å². The van der Waals surface area contributed by atoms with Crippen molar-refractivity contribution in [1.82, 2.24) is 15.2 Å². The van der Waals surface area contributed by atoms with E-state index >= 15 is 0 Å². The van der Waals surface area contributed by atoms with Crippen LogP contribution in [0.25, 0.3) is 22.8 Å². The molecule has 0 bridgehead atoms. The molecule has 1 aliphatic rings. The largest absolute Gasteiger partial charge is 0.465 e. The lowest BCUT2D eigenvalue weighted by Crippen LogP contribution is -2.43. The number of hydrogen-bond acceptors (Lipinski definition) is 6. The van der Waals surface area contributed by atoms with Crippen LogP contribution in [0, 0.1) is 12.7 Å². The van der Waals surface area contributed by atoms with E-state index in [9.17, 15) is 9.18 Å². The van der Waals surface area contributed by atoms with Gasteiger partial charge in [-0.1, -0.05) is 12.1 Å². The third-order valence-electron chi connectivity index (χ3n) is 6.07. The van der Waals surface area contributed by atoms with E-state index < -0.39 is 0 Å². The molecule has 180 valence electrons. The Morgan fingerprint density at radius 2 is 1.83 bits per heavy atom. The first-order valence-corrected chi connectivity index (χ1v) is 11.6. The molecule has 5 rings (SSSR count). The lowest BCUT2D eigenvalue weighted by molar-refractivity contribution is 0.0117. The summed E-state index contributed by atoms with van der Waals surface area (Å²) in [5.74, 6) is 1.90. The fraction of sp³-hybridized carbons (Fsp3) is 0.259. The van der Waals surface area contributed by atoms with Gasteiger partial charge in [-0.2, -0.15) is 0 Å². The minimum Gasteiger partial charge on any atom is -0.465 e. The summed E-state index contributed by atoms with van der Waals surface area (Å²) >= 11 is 0. The number of aryl methyl sites for hydroxylation is 1. The number of rotatable bonds is 7. The number of ether oxygens (including phenoxy) is 1. The number of benzene rings is 2. The van der Waals surface area contributed by atoms with Gasteiger partial charge in [-0.3, -0.25) is 9.69 Å². The Balaban J connectivity index is 1.35. The van der Waals surface area contributed by atoms with Gasteiger partial charge < -0.3 is 18.9 Å². The highest BCUT2D eigenvalue weighted by Crippen LogP contribution is 2.29. The van der Waals surface area contributed by atoms with Gasteiger partial charge in [-0.15, -0.1) is 0 Å². The van der Waals surface area contributed by atoms with Crippen molar-refractivity contribution in [2.45, 2.75) is 13.0 Å². The second kappa shape index (κ2) is 10.2. The smallest absolute Gasteiger partial charge is 0.252 e. The Hall–Kier alpha value is -3.75. The molecular weight excluding hydrogens is 449 g/mol. The van der Waals surface area contributed by atoms with Crippen molar-refractivity contribution < 1.29 is 22.8 Å². The fourth-order valence-corrected chi connectivity index (χ4v) is 4.23. The first-order valence-electron chi connectivity index (χ1n) is 11.6. The third-order valence-corrected chi connectivity index (χ3v) is 6.07. The molecule has 8 heteroatoms. The molecule has 0 saturated carbocycles. The number of nitrogens with zero attached hydrogens (tertiary/aromatic N) is 2. The number of nitrogens with one attached hydrogen (secondary N) is 1. The van der Waals surface area contributed by atoms with Crippen molar-refractivity contribution in [3.63, 3.8) is 0 Å². The number of hydrogen-bond donors (Lipinski definition) is 1.